The molecule has 0 aliphatic carbocycles. The van der Waals surface area contributed by atoms with Crippen molar-refractivity contribution in [2.45, 2.75) is 24.3 Å². The third kappa shape index (κ3) is 5.45. The van der Waals surface area contributed by atoms with Gasteiger partial charge in [0.25, 0.3) is 0 Å². The minimum atomic E-state index is -3.77. The predicted molar refractivity (Wildman–Crippen MR) is 105 cm³/mol. The molecule has 0 spiro atoms. The van der Waals surface area contributed by atoms with Crippen LogP contribution in [0.5, 0.6) is 5.75 Å². The Kier molecular flexibility index (Phi) is 7.24. The summed E-state index contributed by atoms with van der Waals surface area (Å²) < 4.78 is 31.3. The fourth-order valence-electron chi connectivity index (χ4n) is 2.57. The summed E-state index contributed by atoms with van der Waals surface area (Å²) in [5, 5.41) is 3.32. The summed E-state index contributed by atoms with van der Waals surface area (Å²) in [5.74, 6) is 0.353. The molecule has 1 amide bonds. The van der Waals surface area contributed by atoms with Crippen LogP contribution in [-0.2, 0) is 14.8 Å². The van der Waals surface area contributed by atoms with Gasteiger partial charge in [-0.1, -0.05) is 30.7 Å². The number of hydrogen-bond donors (Lipinski definition) is 1. The van der Waals surface area contributed by atoms with E-state index in [0.717, 1.165) is 15.6 Å². The number of nitrogens with zero attached hydrogens (tertiary/aromatic N) is 1. The molecule has 0 fully saturated rings. The predicted octanol–water partition coefficient (Wildman–Crippen LogP) is 3.24. The number of halogens is 1. The smallest absolute Gasteiger partial charge is 0.243 e. The highest BCUT2D eigenvalue weighted by molar-refractivity contribution is 7.89. The van der Waals surface area contributed by atoms with E-state index in [9.17, 15) is 13.2 Å². The number of methoxy groups -OCH3 is 1. The third-order valence-electron chi connectivity index (χ3n) is 4.15. The number of amides is 1. The highest BCUT2D eigenvalue weighted by atomic mass is 35.5. The van der Waals surface area contributed by atoms with Gasteiger partial charge < -0.3 is 10.1 Å². The first kappa shape index (κ1) is 21.2. The lowest BCUT2D eigenvalue weighted by Gasteiger charge is -2.21. The van der Waals surface area contributed by atoms with Gasteiger partial charge in [-0.05, 0) is 48.4 Å². The van der Waals surface area contributed by atoms with Crippen molar-refractivity contribution < 1.29 is 17.9 Å². The van der Waals surface area contributed by atoms with Gasteiger partial charge in [0.15, 0.2) is 0 Å². The second kappa shape index (κ2) is 9.21. The van der Waals surface area contributed by atoms with Gasteiger partial charge in [0.1, 0.15) is 5.75 Å². The van der Waals surface area contributed by atoms with Crippen LogP contribution in [0.25, 0.3) is 0 Å². The Hall–Kier alpha value is -2.09. The molecule has 0 bridgehead atoms. The van der Waals surface area contributed by atoms with Crippen LogP contribution in [0.15, 0.2) is 53.4 Å². The molecule has 0 saturated heterocycles. The molecule has 2 aromatic carbocycles. The molecule has 2 rings (SSSR count). The maximum atomic E-state index is 12.6. The number of carbonyl (C=O) groups excluding carboxylic acids is 1. The molecule has 27 heavy (non-hydrogen) atoms. The van der Waals surface area contributed by atoms with Crippen molar-refractivity contribution in [2.75, 3.05) is 20.7 Å². The quantitative estimate of drug-likeness (QED) is 0.724. The molecule has 1 unspecified atom stereocenters. The number of sulfonamides is 1. The molecule has 1 N–H and O–H groups in total. The van der Waals surface area contributed by atoms with E-state index in [1.807, 2.05) is 31.2 Å². The van der Waals surface area contributed by atoms with Crippen LogP contribution in [0.4, 0.5) is 0 Å². The van der Waals surface area contributed by atoms with E-state index < -0.39 is 10.0 Å². The van der Waals surface area contributed by atoms with Gasteiger partial charge in [0, 0.05) is 12.1 Å². The molecule has 146 valence electrons. The number of likely N-dealkylation sites (N-methyl/N-ethyl adjacent to an activating group) is 1. The normalized spacial score (nSPS) is 12.6. The molecule has 8 heteroatoms. The van der Waals surface area contributed by atoms with Crippen molar-refractivity contribution in [1.29, 1.82) is 0 Å². The summed E-state index contributed by atoms with van der Waals surface area (Å²) in [4.78, 5) is 12.5. The van der Waals surface area contributed by atoms with E-state index in [4.69, 9.17) is 16.3 Å². The molecule has 1 atom stereocenters. The zero-order valence-corrected chi connectivity index (χ0v) is 17.0. The van der Waals surface area contributed by atoms with Crippen LogP contribution < -0.4 is 10.1 Å². The molecular weight excluding hydrogens is 388 g/mol. The minimum Gasteiger partial charge on any atom is -0.497 e. The number of ether oxygens (including phenoxy) is 1. The first-order valence-corrected chi connectivity index (χ1v) is 10.2. The lowest BCUT2D eigenvalue weighted by molar-refractivity contribution is -0.121. The van der Waals surface area contributed by atoms with Crippen LogP contribution in [0, 0.1) is 0 Å². The molecule has 0 heterocycles. The van der Waals surface area contributed by atoms with Gasteiger partial charge in [0.05, 0.1) is 24.6 Å². The molecule has 0 aliphatic heterocycles. The minimum absolute atomic E-state index is 0.0874. The first-order chi connectivity index (χ1) is 12.8. The summed E-state index contributed by atoms with van der Waals surface area (Å²) in [5.41, 5.74) is 0.926. The maximum absolute atomic E-state index is 12.6. The Balaban J connectivity index is 2.04. The summed E-state index contributed by atoms with van der Waals surface area (Å²) >= 11 is 5.80. The molecule has 2 aromatic rings. The maximum Gasteiger partial charge on any atom is 0.243 e. The molecular formula is C19H23ClN2O4S. The van der Waals surface area contributed by atoms with Crippen LogP contribution >= 0.6 is 11.6 Å². The van der Waals surface area contributed by atoms with Crippen molar-refractivity contribution in [3.63, 3.8) is 0 Å². The highest BCUT2D eigenvalue weighted by Crippen LogP contribution is 2.21. The van der Waals surface area contributed by atoms with E-state index in [1.165, 1.54) is 31.3 Å². The zero-order valence-electron chi connectivity index (χ0n) is 15.5. The van der Waals surface area contributed by atoms with Crippen LogP contribution in [0.1, 0.15) is 24.9 Å². The van der Waals surface area contributed by atoms with Gasteiger partial charge >= 0.3 is 0 Å². The van der Waals surface area contributed by atoms with Crippen molar-refractivity contribution >= 4 is 27.5 Å². The average Bonchev–Trinajstić information content (AvgIpc) is 2.66. The monoisotopic (exact) mass is 410 g/mol. The van der Waals surface area contributed by atoms with Gasteiger partial charge in [0.2, 0.25) is 15.9 Å². The Bertz CT molecular complexity index is 868. The van der Waals surface area contributed by atoms with Gasteiger partial charge in [-0.25, -0.2) is 8.42 Å². The first-order valence-electron chi connectivity index (χ1n) is 8.43. The van der Waals surface area contributed by atoms with Gasteiger partial charge in [-0.15, -0.1) is 0 Å². The second-order valence-electron chi connectivity index (χ2n) is 6.02. The van der Waals surface area contributed by atoms with Gasteiger partial charge in [-0.3, -0.25) is 4.79 Å². The van der Waals surface area contributed by atoms with Crippen LogP contribution in [-0.4, -0.2) is 39.3 Å². The summed E-state index contributed by atoms with van der Waals surface area (Å²) in [6.45, 7) is 1.67. The fourth-order valence-corrected chi connectivity index (χ4v) is 3.82. The summed E-state index contributed by atoms with van der Waals surface area (Å²) in [7, 11) is -0.808. The van der Waals surface area contributed by atoms with E-state index >= 15 is 0 Å². The largest absolute Gasteiger partial charge is 0.497 e. The second-order valence-corrected chi connectivity index (χ2v) is 8.50. The lowest BCUT2D eigenvalue weighted by atomic mass is 10.0. The van der Waals surface area contributed by atoms with E-state index in [1.54, 1.807) is 7.11 Å². The summed E-state index contributed by atoms with van der Waals surface area (Å²) in [6.07, 6.45) is 0.672. The third-order valence-corrected chi connectivity index (χ3v) is 6.22. The van der Waals surface area contributed by atoms with E-state index in [-0.39, 0.29) is 23.4 Å². The Morgan fingerprint density at radius 1 is 1.15 bits per heavy atom. The standard InChI is InChI=1S/C19H23ClN2O4S/c1-4-18(14-5-9-16(26-3)10-6-14)21-19(23)13-22(2)27(24,25)17-11-7-15(20)8-12-17/h5-12,18H,4,13H2,1-3H3,(H,21,23). The molecule has 0 saturated carbocycles. The lowest BCUT2D eigenvalue weighted by Crippen LogP contribution is -2.39. The SMILES string of the molecule is CCC(NC(=O)CN(C)S(=O)(=O)c1ccc(Cl)cc1)c1ccc(OC)cc1. The number of rotatable bonds is 8. The number of hydrogen-bond acceptors (Lipinski definition) is 4. The number of benzene rings is 2. The molecule has 0 aromatic heterocycles. The molecule has 0 radical (unpaired) electrons. The van der Waals surface area contributed by atoms with Crippen LogP contribution in [0.2, 0.25) is 5.02 Å². The Morgan fingerprint density at radius 2 is 1.74 bits per heavy atom. The fraction of sp³-hybridized carbons (Fsp3) is 0.316. The van der Waals surface area contributed by atoms with E-state index in [2.05, 4.69) is 5.32 Å². The number of nitrogens with one attached hydrogen (secondary N) is 1. The number of carbonyl (C=O) groups is 1. The van der Waals surface area contributed by atoms with Crippen LogP contribution in [0.3, 0.4) is 0 Å². The summed E-state index contributed by atoms with van der Waals surface area (Å²) in [6, 6.07) is 13.0. The van der Waals surface area contributed by atoms with Crippen molar-refractivity contribution in [3.8, 4) is 5.75 Å². The topological polar surface area (TPSA) is 75.7 Å². The van der Waals surface area contributed by atoms with Crippen molar-refractivity contribution in [3.05, 3.63) is 59.1 Å². The van der Waals surface area contributed by atoms with E-state index in [0.29, 0.717) is 11.4 Å². The zero-order chi connectivity index (χ0) is 20.0. The average molecular weight is 411 g/mol. The highest BCUT2D eigenvalue weighted by Gasteiger charge is 2.24. The molecule has 0 aliphatic rings. The Labute approximate surface area is 165 Å². The van der Waals surface area contributed by atoms with Gasteiger partial charge in [-0.2, -0.15) is 4.31 Å². The van der Waals surface area contributed by atoms with Crippen molar-refractivity contribution in [2.24, 2.45) is 0 Å². The van der Waals surface area contributed by atoms with Crippen molar-refractivity contribution in [1.82, 2.24) is 9.62 Å². The Morgan fingerprint density at radius 3 is 2.26 bits per heavy atom. The molecule has 6 nitrogen and oxygen atoms in total.